The average Bonchev–Trinajstić information content (AvgIpc) is 2.41. The molecule has 3 nitrogen and oxygen atoms in total. The second-order valence-corrected chi connectivity index (χ2v) is 5.16. The molecule has 0 saturated heterocycles. The van der Waals surface area contributed by atoms with Crippen molar-refractivity contribution < 1.29 is 9.18 Å². The standard InChI is InChI=1S/C17H19FN2O/c1-13-6-3-4-7-14(13)11-20(2)12-17(21)19-16-9-5-8-15(18)10-16/h3-10H,11-12H2,1-2H3,(H,19,21). The van der Waals surface area contributed by atoms with Gasteiger partial charge in [0.2, 0.25) is 5.91 Å². The van der Waals surface area contributed by atoms with Crippen LogP contribution in [0.25, 0.3) is 0 Å². The topological polar surface area (TPSA) is 32.3 Å². The number of likely N-dealkylation sites (N-methyl/N-ethyl adjacent to an activating group) is 1. The highest BCUT2D eigenvalue weighted by atomic mass is 19.1. The second kappa shape index (κ2) is 6.99. The van der Waals surface area contributed by atoms with Crippen molar-refractivity contribution in [3.8, 4) is 0 Å². The lowest BCUT2D eigenvalue weighted by Crippen LogP contribution is -2.30. The van der Waals surface area contributed by atoms with Crippen molar-refractivity contribution in [1.29, 1.82) is 0 Å². The molecule has 110 valence electrons. The number of carbonyl (C=O) groups is 1. The number of nitrogens with one attached hydrogen (secondary N) is 1. The smallest absolute Gasteiger partial charge is 0.238 e. The Bertz CT molecular complexity index is 628. The van der Waals surface area contributed by atoms with Crippen LogP contribution in [0.1, 0.15) is 11.1 Å². The van der Waals surface area contributed by atoms with Crippen LogP contribution in [-0.2, 0) is 11.3 Å². The maximum Gasteiger partial charge on any atom is 0.238 e. The van der Waals surface area contributed by atoms with Gasteiger partial charge in [-0.15, -0.1) is 0 Å². The van der Waals surface area contributed by atoms with Gasteiger partial charge in [0, 0.05) is 12.2 Å². The summed E-state index contributed by atoms with van der Waals surface area (Å²) in [6.45, 7) is 3.00. The Hall–Kier alpha value is -2.20. The number of benzene rings is 2. The van der Waals surface area contributed by atoms with Crippen molar-refractivity contribution in [1.82, 2.24) is 4.90 Å². The normalized spacial score (nSPS) is 10.7. The van der Waals surface area contributed by atoms with Gasteiger partial charge < -0.3 is 5.32 Å². The van der Waals surface area contributed by atoms with E-state index in [2.05, 4.69) is 24.4 Å². The molecule has 2 aromatic carbocycles. The number of hydrogen-bond acceptors (Lipinski definition) is 2. The number of aryl methyl sites for hydroxylation is 1. The van der Waals surface area contributed by atoms with Gasteiger partial charge in [-0.25, -0.2) is 4.39 Å². The van der Waals surface area contributed by atoms with Gasteiger partial charge >= 0.3 is 0 Å². The van der Waals surface area contributed by atoms with Gasteiger partial charge in [-0.3, -0.25) is 9.69 Å². The summed E-state index contributed by atoms with van der Waals surface area (Å²) < 4.78 is 13.1. The van der Waals surface area contributed by atoms with Crippen molar-refractivity contribution in [2.45, 2.75) is 13.5 Å². The quantitative estimate of drug-likeness (QED) is 0.915. The number of anilines is 1. The SMILES string of the molecule is Cc1ccccc1CN(C)CC(=O)Nc1cccc(F)c1. The van der Waals surface area contributed by atoms with E-state index in [0.717, 1.165) is 0 Å². The monoisotopic (exact) mass is 286 g/mol. The summed E-state index contributed by atoms with van der Waals surface area (Å²) in [6.07, 6.45) is 0. The molecule has 0 heterocycles. The fourth-order valence-corrected chi connectivity index (χ4v) is 2.15. The van der Waals surface area contributed by atoms with E-state index in [1.807, 2.05) is 24.1 Å². The number of amides is 1. The summed E-state index contributed by atoms with van der Waals surface area (Å²) in [5, 5.41) is 2.69. The molecule has 0 aromatic heterocycles. The summed E-state index contributed by atoms with van der Waals surface area (Å²) in [5.41, 5.74) is 2.87. The highest BCUT2D eigenvalue weighted by Crippen LogP contribution is 2.11. The maximum atomic E-state index is 13.1. The summed E-state index contributed by atoms with van der Waals surface area (Å²) in [7, 11) is 1.89. The third-order valence-electron chi connectivity index (χ3n) is 3.22. The Balaban J connectivity index is 1.89. The molecule has 0 unspecified atom stereocenters. The molecule has 21 heavy (non-hydrogen) atoms. The van der Waals surface area contributed by atoms with E-state index in [1.165, 1.54) is 23.3 Å². The van der Waals surface area contributed by atoms with Crippen molar-refractivity contribution >= 4 is 11.6 Å². The van der Waals surface area contributed by atoms with Crippen LogP contribution in [-0.4, -0.2) is 24.4 Å². The zero-order valence-electron chi connectivity index (χ0n) is 12.3. The van der Waals surface area contributed by atoms with Crippen LogP contribution in [0.4, 0.5) is 10.1 Å². The number of rotatable bonds is 5. The first kappa shape index (κ1) is 15.2. The molecular weight excluding hydrogens is 267 g/mol. The van der Waals surface area contributed by atoms with Crippen LogP contribution in [0, 0.1) is 12.7 Å². The third kappa shape index (κ3) is 4.68. The van der Waals surface area contributed by atoms with Crippen LogP contribution in [0.2, 0.25) is 0 Å². The lowest BCUT2D eigenvalue weighted by Gasteiger charge is -2.17. The summed E-state index contributed by atoms with van der Waals surface area (Å²) in [5.74, 6) is -0.516. The first-order valence-electron chi connectivity index (χ1n) is 6.83. The fourth-order valence-electron chi connectivity index (χ4n) is 2.15. The second-order valence-electron chi connectivity index (χ2n) is 5.16. The molecule has 1 N–H and O–H groups in total. The molecule has 0 bridgehead atoms. The maximum absolute atomic E-state index is 13.1. The van der Waals surface area contributed by atoms with Gasteiger partial charge in [-0.05, 0) is 43.3 Å². The molecule has 0 fully saturated rings. The third-order valence-corrected chi connectivity index (χ3v) is 3.22. The number of hydrogen-bond donors (Lipinski definition) is 1. The largest absolute Gasteiger partial charge is 0.325 e. The Kier molecular flexibility index (Phi) is 5.06. The lowest BCUT2D eigenvalue weighted by atomic mass is 10.1. The molecular formula is C17H19FN2O. The van der Waals surface area contributed by atoms with Crippen LogP contribution < -0.4 is 5.32 Å². The van der Waals surface area contributed by atoms with Crippen molar-refractivity contribution in [2.75, 3.05) is 18.9 Å². The lowest BCUT2D eigenvalue weighted by molar-refractivity contribution is -0.117. The van der Waals surface area contributed by atoms with Gasteiger partial charge in [0.1, 0.15) is 5.82 Å². The predicted octanol–water partition coefficient (Wildman–Crippen LogP) is 3.20. The first-order valence-corrected chi connectivity index (χ1v) is 6.83. The number of carbonyl (C=O) groups excluding carboxylic acids is 1. The Labute approximate surface area is 124 Å². The summed E-state index contributed by atoms with van der Waals surface area (Å²) in [6, 6.07) is 14.0. The first-order chi connectivity index (χ1) is 10.0. The Morgan fingerprint density at radius 3 is 2.67 bits per heavy atom. The van der Waals surface area contributed by atoms with E-state index in [0.29, 0.717) is 12.2 Å². The van der Waals surface area contributed by atoms with Crippen molar-refractivity contribution in [2.24, 2.45) is 0 Å². The molecule has 0 aliphatic heterocycles. The van der Waals surface area contributed by atoms with E-state index in [1.54, 1.807) is 12.1 Å². The van der Waals surface area contributed by atoms with Gasteiger partial charge in [-0.1, -0.05) is 30.3 Å². The minimum Gasteiger partial charge on any atom is -0.325 e. The van der Waals surface area contributed by atoms with E-state index >= 15 is 0 Å². The fraction of sp³-hybridized carbons (Fsp3) is 0.235. The highest BCUT2D eigenvalue weighted by molar-refractivity contribution is 5.92. The average molecular weight is 286 g/mol. The zero-order chi connectivity index (χ0) is 15.2. The van der Waals surface area contributed by atoms with Crippen LogP contribution in [0.15, 0.2) is 48.5 Å². The predicted molar refractivity (Wildman–Crippen MR) is 82.5 cm³/mol. The summed E-state index contributed by atoms with van der Waals surface area (Å²) >= 11 is 0. The van der Waals surface area contributed by atoms with Gasteiger partial charge in [0.15, 0.2) is 0 Å². The van der Waals surface area contributed by atoms with E-state index < -0.39 is 0 Å². The van der Waals surface area contributed by atoms with Crippen LogP contribution >= 0.6 is 0 Å². The molecule has 4 heteroatoms. The number of nitrogens with zero attached hydrogens (tertiary/aromatic N) is 1. The zero-order valence-corrected chi connectivity index (χ0v) is 12.3. The van der Waals surface area contributed by atoms with Crippen molar-refractivity contribution in [3.63, 3.8) is 0 Å². The minimum atomic E-state index is -0.360. The molecule has 0 saturated carbocycles. The van der Waals surface area contributed by atoms with Gasteiger partial charge in [0.05, 0.1) is 6.54 Å². The Morgan fingerprint density at radius 2 is 1.95 bits per heavy atom. The van der Waals surface area contributed by atoms with E-state index in [-0.39, 0.29) is 18.3 Å². The highest BCUT2D eigenvalue weighted by Gasteiger charge is 2.09. The van der Waals surface area contributed by atoms with Crippen LogP contribution in [0.3, 0.4) is 0 Å². The molecule has 2 aromatic rings. The summed E-state index contributed by atoms with van der Waals surface area (Å²) in [4.78, 5) is 13.9. The molecule has 0 aliphatic rings. The Morgan fingerprint density at radius 1 is 1.19 bits per heavy atom. The van der Waals surface area contributed by atoms with Gasteiger partial charge in [0.25, 0.3) is 0 Å². The molecule has 2 rings (SSSR count). The van der Waals surface area contributed by atoms with E-state index in [4.69, 9.17) is 0 Å². The molecule has 0 atom stereocenters. The minimum absolute atomic E-state index is 0.156. The van der Waals surface area contributed by atoms with Gasteiger partial charge in [-0.2, -0.15) is 0 Å². The molecule has 1 amide bonds. The van der Waals surface area contributed by atoms with E-state index in [9.17, 15) is 9.18 Å². The molecule has 0 aliphatic carbocycles. The van der Waals surface area contributed by atoms with Crippen LogP contribution in [0.5, 0.6) is 0 Å². The molecule has 0 radical (unpaired) electrons. The van der Waals surface area contributed by atoms with Crippen molar-refractivity contribution in [3.05, 3.63) is 65.5 Å². The number of halogens is 1. The molecule has 0 spiro atoms.